The minimum absolute atomic E-state index is 0.139. The Labute approximate surface area is 164 Å². The fraction of sp³-hybridized carbons (Fsp3) is 0.261. The van der Waals surface area contributed by atoms with Crippen molar-refractivity contribution in [2.45, 2.75) is 26.7 Å². The summed E-state index contributed by atoms with van der Waals surface area (Å²) in [6.45, 7) is 3.96. The highest BCUT2D eigenvalue weighted by atomic mass is 16.2. The average Bonchev–Trinajstić information content (AvgIpc) is 2.92. The molecule has 1 saturated heterocycles. The zero-order chi connectivity index (χ0) is 19.8. The van der Waals surface area contributed by atoms with Crippen molar-refractivity contribution in [3.8, 4) is 0 Å². The Kier molecular flexibility index (Phi) is 4.59. The number of fused-ring (bicyclic) bond motifs is 1. The molecule has 28 heavy (non-hydrogen) atoms. The monoisotopic (exact) mass is 374 g/mol. The van der Waals surface area contributed by atoms with E-state index in [1.807, 2.05) is 38.1 Å². The van der Waals surface area contributed by atoms with Gasteiger partial charge in [-0.2, -0.15) is 0 Å². The zero-order valence-electron chi connectivity index (χ0n) is 15.9. The molecule has 2 aliphatic rings. The molecule has 4 rings (SSSR count). The van der Waals surface area contributed by atoms with Crippen molar-refractivity contribution in [3.05, 3.63) is 71.3 Å². The molecular formula is C23H22N2O3. The van der Waals surface area contributed by atoms with Crippen molar-refractivity contribution in [1.29, 1.82) is 0 Å². The smallest absolute Gasteiger partial charge is 0.255 e. The molecule has 5 nitrogen and oxygen atoms in total. The number of nitrogens with zero attached hydrogens (tertiary/aromatic N) is 1. The van der Waals surface area contributed by atoms with E-state index < -0.39 is 0 Å². The molecule has 1 N–H and O–H groups in total. The van der Waals surface area contributed by atoms with Gasteiger partial charge in [0, 0.05) is 11.3 Å². The van der Waals surface area contributed by atoms with Gasteiger partial charge in [0.1, 0.15) is 0 Å². The van der Waals surface area contributed by atoms with Crippen molar-refractivity contribution < 1.29 is 14.4 Å². The topological polar surface area (TPSA) is 66.5 Å². The SMILES string of the molecule is CC1=CC[C@H]2C(=O)N(c3ccc(C(=O)Nc4cccc(C)c4)cc3)C(=O)[C@@H]2C1. The Bertz CT molecular complexity index is 991. The fourth-order valence-corrected chi connectivity index (χ4v) is 3.98. The number of rotatable bonds is 3. The van der Waals surface area contributed by atoms with Crippen LogP contribution < -0.4 is 10.2 Å². The number of imide groups is 1. The molecule has 1 aliphatic heterocycles. The number of anilines is 2. The summed E-state index contributed by atoms with van der Waals surface area (Å²) < 4.78 is 0. The lowest BCUT2D eigenvalue weighted by molar-refractivity contribution is -0.122. The minimum Gasteiger partial charge on any atom is -0.322 e. The molecule has 0 bridgehead atoms. The molecule has 0 radical (unpaired) electrons. The van der Waals surface area contributed by atoms with Crippen LogP contribution in [0.1, 0.15) is 35.7 Å². The summed E-state index contributed by atoms with van der Waals surface area (Å²) in [4.78, 5) is 39.3. The minimum atomic E-state index is -0.263. The molecule has 1 fully saturated rings. The zero-order valence-corrected chi connectivity index (χ0v) is 15.9. The van der Waals surface area contributed by atoms with E-state index in [-0.39, 0.29) is 29.6 Å². The molecule has 0 unspecified atom stereocenters. The predicted molar refractivity (Wildman–Crippen MR) is 108 cm³/mol. The van der Waals surface area contributed by atoms with E-state index >= 15 is 0 Å². The number of carbonyl (C=O) groups is 3. The molecule has 2 aromatic carbocycles. The van der Waals surface area contributed by atoms with Gasteiger partial charge in [-0.25, -0.2) is 0 Å². The maximum Gasteiger partial charge on any atom is 0.255 e. The van der Waals surface area contributed by atoms with E-state index in [1.54, 1.807) is 24.3 Å². The van der Waals surface area contributed by atoms with Crippen molar-refractivity contribution in [2.24, 2.45) is 11.8 Å². The summed E-state index contributed by atoms with van der Waals surface area (Å²) >= 11 is 0. The van der Waals surface area contributed by atoms with Crippen LogP contribution in [0, 0.1) is 18.8 Å². The standard InChI is InChI=1S/C23H22N2O3/c1-14-4-3-5-17(12-14)24-21(26)16-7-9-18(10-8-16)25-22(27)19-11-6-15(2)13-20(19)23(25)28/h3-10,12,19-20H,11,13H2,1-2H3,(H,24,26)/t19-,20-/m1/s1. The van der Waals surface area contributed by atoms with Gasteiger partial charge < -0.3 is 5.32 Å². The Morgan fingerprint density at radius 1 is 1.00 bits per heavy atom. The van der Waals surface area contributed by atoms with Gasteiger partial charge in [0.2, 0.25) is 11.8 Å². The van der Waals surface area contributed by atoms with Gasteiger partial charge in [-0.15, -0.1) is 0 Å². The van der Waals surface area contributed by atoms with Gasteiger partial charge >= 0.3 is 0 Å². The molecule has 0 spiro atoms. The second-order valence-corrected chi connectivity index (χ2v) is 7.59. The molecule has 2 atom stereocenters. The van der Waals surface area contributed by atoms with E-state index in [9.17, 15) is 14.4 Å². The van der Waals surface area contributed by atoms with Gasteiger partial charge in [0.15, 0.2) is 0 Å². The van der Waals surface area contributed by atoms with Crippen molar-refractivity contribution in [3.63, 3.8) is 0 Å². The number of aryl methyl sites for hydroxylation is 1. The molecule has 5 heteroatoms. The molecule has 3 amide bonds. The Balaban J connectivity index is 1.51. The Hall–Kier alpha value is -3.21. The Morgan fingerprint density at radius 3 is 2.43 bits per heavy atom. The number of benzene rings is 2. The van der Waals surface area contributed by atoms with Gasteiger partial charge in [-0.05, 0) is 68.7 Å². The quantitative estimate of drug-likeness (QED) is 0.650. The van der Waals surface area contributed by atoms with Crippen LogP contribution in [0.3, 0.4) is 0 Å². The first kappa shape index (κ1) is 18.2. The Morgan fingerprint density at radius 2 is 1.71 bits per heavy atom. The summed E-state index contributed by atoms with van der Waals surface area (Å²) in [5.41, 5.74) is 3.94. The van der Waals surface area contributed by atoms with E-state index in [0.29, 0.717) is 24.1 Å². The lowest BCUT2D eigenvalue weighted by Crippen LogP contribution is -2.30. The molecule has 2 aromatic rings. The number of nitrogens with one attached hydrogen (secondary N) is 1. The van der Waals surface area contributed by atoms with E-state index in [4.69, 9.17) is 0 Å². The van der Waals surface area contributed by atoms with Crippen molar-refractivity contribution >= 4 is 29.1 Å². The van der Waals surface area contributed by atoms with E-state index in [0.717, 1.165) is 16.8 Å². The van der Waals surface area contributed by atoms with Crippen LogP contribution in [0.25, 0.3) is 0 Å². The fourth-order valence-electron chi connectivity index (χ4n) is 3.98. The van der Waals surface area contributed by atoms with Gasteiger partial charge in [-0.3, -0.25) is 19.3 Å². The van der Waals surface area contributed by atoms with E-state index in [2.05, 4.69) is 11.4 Å². The summed E-state index contributed by atoms with van der Waals surface area (Å²) in [7, 11) is 0. The maximum atomic E-state index is 12.8. The largest absolute Gasteiger partial charge is 0.322 e. The van der Waals surface area contributed by atoms with Crippen LogP contribution in [0.15, 0.2) is 60.2 Å². The number of hydrogen-bond acceptors (Lipinski definition) is 3. The first-order valence-corrected chi connectivity index (χ1v) is 9.45. The second kappa shape index (κ2) is 7.08. The van der Waals surface area contributed by atoms with Crippen LogP contribution in [0.2, 0.25) is 0 Å². The summed E-state index contributed by atoms with van der Waals surface area (Å²) in [6, 6.07) is 14.2. The molecule has 142 valence electrons. The first-order chi connectivity index (χ1) is 13.4. The highest BCUT2D eigenvalue weighted by Crippen LogP contribution is 2.39. The second-order valence-electron chi connectivity index (χ2n) is 7.59. The summed E-state index contributed by atoms with van der Waals surface area (Å²) in [6.07, 6.45) is 3.31. The number of amides is 3. The third kappa shape index (κ3) is 3.24. The predicted octanol–water partition coefficient (Wildman–Crippen LogP) is 4.09. The third-order valence-electron chi connectivity index (χ3n) is 5.49. The lowest BCUT2D eigenvalue weighted by atomic mass is 9.82. The van der Waals surface area contributed by atoms with Crippen LogP contribution in [0.4, 0.5) is 11.4 Å². The van der Waals surface area contributed by atoms with Crippen LogP contribution >= 0.6 is 0 Å². The molecule has 0 aromatic heterocycles. The van der Waals surface area contributed by atoms with E-state index in [1.165, 1.54) is 4.90 Å². The number of hydrogen-bond donors (Lipinski definition) is 1. The van der Waals surface area contributed by atoms with Crippen molar-refractivity contribution in [1.82, 2.24) is 0 Å². The first-order valence-electron chi connectivity index (χ1n) is 9.45. The molecular weight excluding hydrogens is 352 g/mol. The number of allylic oxidation sites excluding steroid dienone is 2. The maximum absolute atomic E-state index is 12.8. The molecule has 0 saturated carbocycles. The van der Waals surface area contributed by atoms with Gasteiger partial charge in [-0.1, -0.05) is 23.8 Å². The summed E-state index contributed by atoms with van der Waals surface area (Å²) in [5.74, 6) is -1.04. The molecule has 1 aliphatic carbocycles. The van der Waals surface area contributed by atoms with Gasteiger partial charge in [0.25, 0.3) is 5.91 Å². The van der Waals surface area contributed by atoms with Gasteiger partial charge in [0.05, 0.1) is 17.5 Å². The normalized spacial score (nSPS) is 21.4. The lowest BCUT2D eigenvalue weighted by Gasteiger charge is -2.18. The van der Waals surface area contributed by atoms with Crippen LogP contribution in [-0.2, 0) is 9.59 Å². The summed E-state index contributed by atoms with van der Waals surface area (Å²) in [5, 5.41) is 2.86. The average molecular weight is 374 g/mol. The highest BCUT2D eigenvalue weighted by Gasteiger charge is 2.48. The molecule has 1 heterocycles. The third-order valence-corrected chi connectivity index (χ3v) is 5.49. The number of carbonyl (C=O) groups excluding carboxylic acids is 3. The van der Waals surface area contributed by atoms with Crippen LogP contribution in [0.5, 0.6) is 0 Å². The van der Waals surface area contributed by atoms with Crippen molar-refractivity contribution in [2.75, 3.05) is 10.2 Å². The highest BCUT2D eigenvalue weighted by molar-refractivity contribution is 6.22. The van der Waals surface area contributed by atoms with Crippen LogP contribution in [-0.4, -0.2) is 17.7 Å².